The second-order valence-corrected chi connectivity index (χ2v) is 7.53. The first-order chi connectivity index (χ1) is 15.6. The fourth-order valence-electron chi connectivity index (χ4n) is 3.78. The lowest BCUT2D eigenvalue weighted by atomic mass is 9.99. The molecule has 2 aromatic heterocycles. The summed E-state index contributed by atoms with van der Waals surface area (Å²) in [6, 6.07) is 9.41. The Morgan fingerprint density at radius 1 is 1.19 bits per heavy atom. The Kier molecular flexibility index (Phi) is 6.39. The molecule has 4 rings (SSSR count). The number of hydrogen-bond acceptors (Lipinski definition) is 6. The summed E-state index contributed by atoms with van der Waals surface area (Å²) < 4.78 is 13.0. The SMILES string of the molecule is CCCOc1ccc(/C(O)=C2\C(=O)C(=O)N(CCCn3ccnc3)[C@H]2c2ccco2)cc1. The quantitative estimate of drug-likeness (QED) is 0.312. The number of amides is 1. The molecule has 0 aliphatic carbocycles. The topological polar surface area (TPSA) is 97.8 Å². The number of ketones is 1. The Morgan fingerprint density at radius 3 is 2.66 bits per heavy atom. The molecule has 0 unspecified atom stereocenters. The number of likely N-dealkylation sites (tertiary alicyclic amines) is 1. The van der Waals surface area contributed by atoms with Crippen molar-refractivity contribution in [2.45, 2.75) is 32.4 Å². The number of carbonyl (C=O) groups is 2. The average molecular weight is 435 g/mol. The number of benzene rings is 1. The van der Waals surface area contributed by atoms with Crippen molar-refractivity contribution >= 4 is 17.4 Å². The minimum atomic E-state index is -0.788. The van der Waals surface area contributed by atoms with E-state index in [-0.39, 0.29) is 11.3 Å². The van der Waals surface area contributed by atoms with Crippen LogP contribution in [-0.2, 0) is 16.1 Å². The number of ether oxygens (including phenoxy) is 1. The minimum absolute atomic E-state index is 0.0230. The Bertz CT molecular complexity index is 1090. The van der Waals surface area contributed by atoms with Crippen molar-refractivity contribution in [3.8, 4) is 5.75 Å². The maximum Gasteiger partial charge on any atom is 0.295 e. The molecule has 0 spiro atoms. The first-order valence-corrected chi connectivity index (χ1v) is 10.6. The molecule has 1 atom stereocenters. The van der Waals surface area contributed by atoms with Crippen molar-refractivity contribution in [1.82, 2.24) is 14.5 Å². The van der Waals surface area contributed by atoms with Crippen LogP contribution < -0.4 is 4.74 Å². The maximum absolute atomic E-state index is 12.9. The van der Waals surface area contributed by atoms with Gasteiger partial charge in [-0.15, -0.1) is 0 Å². The van der Waals surface area contributed by atoms with Crippen molar-refractivity contribution < 1.29 is 23.8 Å². The Hall–Kier alpha value is -3.81. The molecular formula is C24H25N3O5. The van der Waals surface area contributed by atoms with Gasteiger partial charge in [-0.1, -0.05) is 6.92 Å². The van der Waals surface area contributed by atoms with Crippen LogP contribution in [-0.4, -0.2) is 44.4 Å². The van der Waals surface area contributed by atoms with Crippen LogP contribution in [0.4, 0.5) is 0 Å². The van der Waals surface area contributed by atoms with Gasteiger partial charge in [0.25, 0.3) is 11.7 Å². The molecule has 1 amide bonds. The summed E-state index contributed by atoms with van der Waals surface area (Å²) in [5, 5.41) is 11.0. The number of hydrogen-bond donors (Lipinski definition) is 1. The highest BCUT2D eigenvalue weighted by atomic mass is 16.5. The highest BCUT2D eigenvalue weighted by Gasteiger charge is 2.47. The zero-order valence-corrected chi connectivity index (χ0v) is 17.8. The van der Waals surface area contributed by atoms with Gasteiger partial charge in [0.1, 0.15) is 23.3 Å². The molecule has 32 heavy (non-hydrogen) atoms. The Morgan fingerprint density at radius 2 is 2.00 bits per heavy atom. The van der Waals surface area contributed by atoms with E-state index in [9.17, 15) is 14.7 Å². The molecule has 8 heteroatoms. The molecule has 3 heterocycles. The van der Waals surface area contributed by atoms with Gasteiger partial charge in [0.05, 0.1) is 24.8 Å². The first kappa shape index (κ1) is 21.4. The van der Waals surface area contributed by atoms with Gasteiger partial charge in [0, 0.05) is 31.0 Å². The second kappa shape index (κ2) is 9.55. The smallest absolute Gasteiger partial charge is 0.295 e. The Balaban J connectivity index is 1.63. The third kappa shape index (κ3) is 4.30. The van der Waals surface area contributed by atoms with E-state index in [0.717, 1.165) is 6.42 Å². The molecule has 0 saturated carbocycles. The van der Waals surface area contributed by atoms with Crippen molar-refractivity contribution in [1.29, 1.82) is 0 Å². The van der Waals surface area contributed by atoms with E-state index in [0.29, 0.717) is 43.2 Å². The lowest BCUT2D eigenvalue weighted by Crippen LogP contribution is -2.31. The number of Topliss-reactive ketones (excluding diaryl/α,β-unsaturated/α-hetero) is 1. The lowest BCUT2D eigenvalue weighted by molar-refractivity contribution is -0.140. The number of aliphatic hydroxyl groups excluding tert-OH is 1. The maximum atomic E-state index is 12.9. The summed E-state index contributed by atoms with van der Waals surface area (Å²) >= 11 is 0. The molecule has 1 aromatic carbocycles. The molecule has 1 aliphatic heterocycles. The summed E-state index contributed by atoms with van der Waals surface area (Å²) in [6.45, 7) is 3.58. The monoisotopic (exact) mass is 435 g/mol. The molecule has 166 valence electrons. The number of aliphatic hydroxyl groups is 1. The molecule has 1 aliphatic rings. The number of carbonyl (C=O) groups excluding carboxylic acids is 2. The standard InChI is InChI=1S/C24H25N3O5/c1-2-14-31-18-8-6-17(7-9-18)22(28)20-21(19-5-3-15-32-19)27(24(30)23(20)29)12-4-11-26-13-10-25-16-26/h3,5-10,13,15-16,21,28H,2,4,11-12,14H2,1H3/b22-20+/t21-/m0/s1. The number of aromatic nitrogens is 2. The molecule has 0 radical (unpaired) electrons. The van der Waals surface area contributed by atoms with E-state index in [1.165, 1.54) is 11.2 Å². The van der Waals surface area contributed by atoms with Crippen molar-refractivity contribution in [2.75, 3.05) is 13.2 Å². The van der Waals surface area contributed by atoms with Crippen molar-refractivity contribution in [3.63, 3.8) is 0 Å². The van der Waals surface area contributed by atoms with E-state index in [1.807, 2.05) is 17.7 Å². The van der Waals surface area contributed by atoms with Gasteiger partial charge in [-0.3, -0.25) is 9.59 Å². The van der Waals surface area contributed by atoms with Crippen molar-refractivity contribution in [3.05, 3.63) is 78.3 Å². The lowest BCUT2D eigenvalue weighted by Gasteiger charge is -2.23. The van der Waals surface area contributed by atoms with Gasteiger partial charge in [-0.2, -0.15) is 0 Å². The van der Waals surface area contributed by atoms with Gasteiger partial charge >= 0.3 is 0 Å². The van der Waals surface area contributed by atoms with Crippen LogP contribution in [0.1, 0.15) is 37.1 Å². The van der Waals surface area contributed by atoms with E-state index < -0.39 is 17.7 Å². The Labute approximate surface area is 185 Å². The highest BCUT2D eigenvalue weighted by Crippen LogP contribution is 2.39. The predicted octanol–water partition coefficient (Wildman–Crippen LogP) is 3.78. The largest absolute Gasteiger partial charge is 0.507 e. The van der Waals surface area contributed by atoms with E-state index in [4.69, 9.17) is 9.15 Å². The van der Waals surface area contributed by atoms with E-state index >= 15 is 0 Å². The third-order valence-electron chi connectivity index (χ3n) is 5.33. The fourth-order valence-corrected chi connectivity index (χ4v) is 3.78. The summed E-state index contributed by atoms with van der Waals surface area (Å²) in [4.78, 5) is 31.3. The molecular weight excluding hydrogens is 410 g/mol. The van der Waals surface area contributed by atoms with E-state index in [1.54, 1.807) is 48.9 Å². The van der Waals surface area contributed by atoms with Crippen LogP contribution >= 0.6 is 0 Å². The number of rotatable bonds is 9. The van der Waals surface area contributed by atoms with Gasteiger partial charge < -0.3 is 23.7 Å². The van der Waals surface area contributed by atoms with Gasteiger partial charge in [-0.25, -0.2) is 4.98 Å². The summed E-state index contributed by atoms with van der Waals surface area (Å²) in [7, 11) is 0. The third-order valence-corrected chi connectivity index (χ3v) is 5.33. The number of nitrogens with zero attached hydrogens (tertiary/aromatic N) is 3. The molecule has 3 aromatic rings. The number of aryl methyl sites for hydroxylation is 1. The van der Waals surface area contributed by atoms with Crippen LogP contribution in [0.25, 0.3) is 5.76 Å². The predicted molar refractivity (Wildman–Crippen MR) is 117 cm³/mol. The average Bonchev–Trinajstić information content (AvgIpc) is 3.56. The normalized spacial score (nSPS) is 17.8. The fraction of sp³-hybridized carbons (Fsp3) is 0.292. The van der Waals surface area contributed by atoms with E-state index in [2.05, 4.69) is 4.98 Å². The van der Waals surface area contributed by atoms with Crippen LogP contribution in [0.15, 0.2) is 71.4 Å². The molecule has 0 bridgehead atoms. The molecule has 1 saturated heterocycles. The van der Waals surface area contributed by atoms with Gasteiger partial charge in [0.2, 0.25) is 0 Å². The zero-order chi connectivity index (χ0) is 22.5. The number of furan rings is 1. The van der Waals surface area contributed by atoms with Crippen LogP contribution in [0.5, 0.6) is 5.75 Å². The second-order valence-electron chi connectivity index (χ2n) is 7.53. The summed E-state index contributed by atoms with van der Waals surface area (Å²) in [6.07, 6.45) is 8.21. The van der Waals surface area contributed by atoms with Gasteiger partial charge in [0.15, 0.2) is 0 Å². The summed E-state index contributed by atoms with van der Waals surface area (Å²) in [5.41, 5.74) is 0.455. The van der Waals surface area contributed by atoms with Gasteiger partial charge in [-0.05, 0) is 49.2 Å². The number of imidazole rings is 1. The zero-order valence-electron chi connectivity index (χ0n) is 17.8. The van der Waals surface area contributed by atoms with Crippen LogP contribution in [0, 0.1) is 0 Å². The summed E-state index contributed by atoms with van der Waals surface area (Å²) in [5.74, 6) is -0.509. The first-order valence-electron chi connectivity index (χ1n) is 10.6. The van der Waals surface area contributed by atoms with Crippen LogP contribution in [0.2, 0.25) is 0 Å². The van der Waals surface area contributed by atoms with Crippen LogP contribution in [0.3, 0.4) is 0 Å². The molecule has 8 nitrogen and oxygen atoms in total. The molecule has 1 fully saturated rings. The minimum Gasteiger partial charge on any atom is -0.507 e. The van der Waals surface area contributed by atoms with Crippen molar-refractivity contribution in [2.24, 2.45) is 0 Å². The molecule has 1 N–H and O–H groups in total. The highest BCUT2D eigenvalue weighted by molar-refractivity contribution is 6.46.